The van der Waals surface area contributed by atoms with Gasteiger partial charge >= 0.3 is 5.97 Å². The largest absolute Gasteiger partial charge is 0.459 e. The number of carbonyl (C=O) groups excluding carboxylic acids is 1. The smallest absolute Gasteiger partial charge is 0.338 e. The highest BCUT2D eigenvalue weighted by Gasteiger charge is 2.25. The second kappa shape index (κ2) is 7.70. The minimum atomic E-state index is -0.688. The van der Waals surface area contributed by atoms with Crippen LogP contribution in [0.15, 0.2) is 22.2 Å². The van der Waals surface area contributed by atoms with Gasteiger partial charge in [0.1, 0.15) is 4.90 Å². The summed E-state index contributed by atoms with van der Waals surface area (Å²) in [6.07, 6.45) is 0.197. The quantitative estimate of drug-likeness (QED) is 0.348. The molecule has 0 spiro atoms. The van der Waals surface area contributed by atoms with Crippen molar-refractivity contribution in [3.05, 3.63) is 38.7 Å². The molecule has 2 rings (SSSR count). The number of benzene rings is 1. The number of rotatable bonds is 6. The van der Waals surface area contributed by atoms with E-state index in [-0.39, 0.29) is 32.4 Å². The van der Waals surface area contributed by atoms with Gasteiger partial charge in [0.05, 0.1) is 21.6 Å². The monoisotopic (exact) mass is 385 g/mol. The summed E-state index contributed by atoms with van der Waals surface area (Å²) < 4.78 is 6.29. The highest BCUT2D eigenvalue weighted by Crippen LogP contribution is 2.40. The zero-order chi connectivity index (χ0) is 18.7. The molecule has 0 atom stereocenters. The molecule has 9 nitrogen and oxygen atoms in total. The van der Waals surface area contributed by atoms with Crippen LogP contribution in [0.2, 0.25) is 5.02 Å². The molecule has 0 aliphatic rings. The van der Waals surface area contributed by atoms with Gasteiger partial charge in [0.2, 0.25) is 5.16 Å². The van der Waals surface area contributed by atoms with Crippen molar-refractivity contribution in [2.75, 3.05) is 5.84 Å². The summed E-state index contributed by atoms with van der Waals surface area (Å²) in [5.74, 6) is 5.69. The summed E-state index contributed by atoms with van der Waals surface area (Å²) >= 11 is 7.08. The Morgan fingerprint density at radius 1 is 1.48 bits per heavy atom. The molecule has 0 aliphatic carbocycles. The van der Waals surface area contributed by atoms with E-state index in [1.807, 2.05) is 6.92 Å². The summed E-state index contributed by atoms with van der Waals surface area (Å²) in [7, 11) is 0. The summed E-state index contributed by atoms with van der Waals surface area (Å²) in [6.45, 7) is 5.21. The fourth-order valence-corrected chi connectivity index (χ4v) is 3.12. The van der Waals surface area contributed by atoms with E-state index in [9.17, 15) is 14.9 Å². The highest BCUT2D eigenvalue weighted by molar-refractivity contribution is 7.99. The molecule has 2 aromatic rings. The number of ether oxygens (including phenoxy) is 1. The van der Waals surface area contributed by atoms with Crippen LogP contribution in [-0.4, -0.2) is 31.9 Å². The van der Waals surface area contributed by atoms with Crippen molar-refractivity contribution >= 4 is 35.0 Å². The van der Waals surface area contributed by atoms with Crippen molar-refractivity contribution in [2.45, 2.75) is 43.3 Å². The summed E-state index contributed by atoms with van der Waals surface area (Å²) in [5, 5.41) is 19.5. The highest BCUT2D eigenvalue weighted by atomic mass is 35.5. The topological polar surface area (TPSA) is 126 Å². The number of hydrogen-bond donors (Lipinski definition) is 1. The van der Waals surface area contributed by atoms with Crippen molar-refractivity contribution < 1.29 is 14.5 Å². The molecule has 0 bridgehead atoms. The number of aryl methyl sites for hydroxylation is 1. The number of nitrogen functional groups attached to an aromatic ring is 1. The molecule has 1 aromatic heterocycles. The number of nitrogens with zero attached hydrogens (tertiary/aromatic N) is 4. The number of nitro groups is 1. The van der Waals surface area contributed by atoms with Crippen LogP contribution < -0.4 is 5.84 Å². The Balaban J connectivity index is 2.45. The van der Waals surface area contributed by atoms with Crippen LogP contribution in [0.1, 0.15) is 37.0 Å². The van der Waals surface area contributed by atoms with Crippen LogP contribution in [0.4, 0.5) is 5.69 Å². The molecule has 0 fully saturated rings. The normalized spacial score (nSPS) is 10.9. The molecule has 1 aromatic carbocycles. The van der Waals surface area contributed by atoms with Crippen LogP contribution >= 0.6 is 23.4 Å². The van der Waals surface area contributed by atoms with E-state index in [0.717, 1.165) is 17.8 Å². The number of nitro benzene ring substituents is 1. The van der Waals surface area contributed by atoms with Crippen LogP contribution in [0.25, 0.3) is 0 Å². The Morgan fingerprint density at radius 3 is 2.68 bits per heavy atom. The molecule has 0 saturated heterocycles. The van der Waals surface area contributed by atoms with E-state index in [2.05, 4.69) is 10.2 Å². The predicted molar refractivity (Wildman–Crippen MR) is 92.3 cm³/mol. The molecule has 11 heteroatoms. The zero-order valence-corrected chi connectivity index (χ0v) is 15.3. The first-order valence-electron chi connectivity index (χ1n) is 7.30. The first-order valence-corrected chi connectivity index (χ1v) is 8.50. The van der Waals surface area contributed by atoms with E-state index in [1.54, 1.807) is 13.8 Å². The Hall–Kier alpha value is -2.33. The molecule has 2 N–H and O–H groups in total. The van der Waals surface area contributed by atoms with Crippen LogP contribution in [0.5, 0.6) is 0 Å². The number of aromatic nitrogens is 3. The average Bonchev–Trinajstić information content (AvgIpc) is 2.88. The lowest BCUT2D eigenvalue weighted by Crippen LogP contribution is -2.13. The van der Waals surface area contributed by atoms with Gasteiger partial charge in [0.25, 0.3) is 5.69 Å². The van der Waals surface area contributed by atoms with Gasteiger partial charge in [-0.3, -0.25) is 10.1 Å². The predicted octanol–water partition coefficient (Wildman–Crippen LogP) is 2.83. The third-order valence-corrected chi connectivity index (χ3v) is 4.55. The standard InChI is InChI=1S/C14H16ClN5O4S/c1-4-11-17-18-14(19(11)16)25-12-9(15)5-8(6-10(12)20(22)23)13(21)24-7(2)3/h5-7H,4,16H2,1-3H3. The molecular formula is C14H16ClN5O4S. The second-order valence-corrected chi connectivity index (χ2v) is 6.63. The Morgan fingerprint density at radius 2 is 2.16 bits per heavy atom. The second-order valence-electron chi connectivity index (χ2n) is 5.24. The Kier molecular flexibility index (Phi) is 5.85. The van der Waals surface area contributed by atoms with Crippen LogP contribution in [-0.2, 0) is 11.2 Å². The molecule has 0 saturated carbocycles. The van der Waals surface area contributed by atoms with Crippen LogP contribution in [0, 0.1) is 10.1 Å². The fraction of sp³-hybridized carbons (Fsp3) is 0.357. The van der Waals surface area contributed by atoms with Crippen LogP contribution in [0.3, 0.4) is 0 Å². The minimum absolute atomic E-state index is 0.00166. The number of nitrogens with two attached hydrogens (primary N) is 1. The van der Waals surface area contributed by atoms with Gasteiger partial charge in [-0.05, 0) is 31.7 Å². The molecule has 0 unspecified atom stereocenters. The molecule has 134 valence electrons. The molecule has 0 radical (unpaired) electrons. The van der Waals surface area contributed by atoms with E-state index < -0.39 is 10.9 Å². The van der Waals surface area contributed by atoms with Gasteiger partial charge in [0.15, 0.2) is 5.82 Å². The number of halogens is 1. The van der Waals surface area contributed by atoms with E-state index >= 15 is 0 Å². The first-order chi connectivity index (χ1) is 11.7. The Labute approximate surface area is 152 Å². The van der Waals surface area contributed by atoms with Gasteiger partial charge in [-0.2, -0.15) is 0 Å². The Bertz CT molecular complexity index is 824. The molecule has 0 aliphatic heterocycles. The SMILES string of the molecule is CCc1nnc(Sc2c(Cl)cc(C(=O)OC(C)C)cc2[N+](=O)[O-])n1N. The maximum absolute atomic E-state index is 12.0. The van der Waals surface area contributed by atoms with Gasteiger partial charge in [0, 0.05) is 12.5 Å². The fourth-order valence-electron chi connectivity index (χ4n) is 1.92. The number of esters is 1. The van der Waals surface area contributed by atoms with Gasteiger partial charge in [-0.25, -0.2) is 9.47 Å². The lowest BCUT2D eigenvalue weighted by molar-refractivity contribution is -0.387. The average molecular weight is 386 g/mol. The molecular weight excluding hydrogens is 370 g/mol. The molecule has 1 heterocycles. The maximum atomic E-state index is 12.0. The van der Waals surface area contributed by atoms with Gasteiger partial charge < -0.3 is 10.6 Å². The number of carbonyl (C=O) groups is 1. The molecule has 0 amide bonds. The van der Waals surface area contributed by atoms with Gasteiger partial charge in [-0.1, -0.05) is 18.5 Å². The zero-order valence-electron chi connectivity index (χ0n) is 13.7. The van der Waals surface area contributed by atoms with Crippen molar-refractivity contribution in [1.82, 2.24) is 14.9 Å². The van der Waals surface area contributed by atoms with E-state index in [4.69, 9.17) is 22.2 Å². The lowest BCUT2D eigenvalue weighted by Gasteiger charge is -2.10. The van der Waals surface area contributed by atoms with E-state index in [0.29, 0.717) is 12.2 Å². The summed E-state index contributed by atoms with van der Waals surface area (Å²) in [5.41, 5.74) is -0.340. The van der Waals surface area contributed by atoms with Crippen molar-refractivity contribution in [1.29, 1.82) is 0 Å². The third-order valence-electron chi connectivity index (χ3n) is 3.04. The number of hydrogen-bond acceptors (Lipinski definition) is 8. The lowest BCUT2D eigenvalue weighted by atomic mass is 10.2. The summed E-state index contributed by atoms with van der Waals surface area (Å²) in [4.78, 5) is 22.9. The first kappa shape index (κ1) is 19.0. The van der Waals surface area contributed by atoms with E-state index in [1.165, 1.54) is 10.7 Å². The minimum Gasteiger partial charge on any atom is -0.459 e. The van der Waals surface area contributed by atoms with Crippen molar-refractivity contribution in [2.24, 2.45) is 0 Å². The third kappa shape index (κ3) is 4.20. The van der Waals surface area contributed by atoms with Gasteiger partial charge in [-0.15, -0.1) is 10.2 Å². The molecule has 25 heavy (non-hydrogen) atoms. The maximum Gasteiger partial charge on any atom is 0.338 e. The van der Waals surface area contributed by atoms with Crippen molar-refractivity contribution in [3.8, 4) is 0 Å². The van der Waals surface area contributed by atoms with Crippen molar-refractivity contribution in [3.63, 3.8) is 0 Å². The summed E-state index contributed by atoms with van der Waals surface area (Å²) in [6, 6.07) is 2.44.